The molecule has 0 saturated carbocycles. The Morgan fingerprint density at radius 1 is 1.19 bits per heavy atom. The number of carbonyl (C=O) groups is 1. The smallest absolute Gasteiger partial charge is 0.326 e. The minimum Gasteiger partial charge on any atom is -0.506 e. The Hall–Kier alpha value is -2.58. The van der Waals surface area contributed by atoms with Crippen molar-refractivity contribution >= 4 is 21.8 Å². The Morgan fingerprint density at radius 2 is 1.96 bits per heavy atom. The Morgan fingerprint density at radius 3 is 2.62 bits per heavy atom. The Labute approximate surface area is 151 Å². The summed E-state index contributed by atoms with van der Waals surface area (Å²) in [6.07, 6.45) is 0.737. The molecule has 1 saturated heterocycles. The van der Waals surface area contributed by atoms with Gasteiger partial charge in [-0.1, -0.05) is 30.3 Å². The molecule has 8 heteroatoms. The van der Waals surface area contributed by atoms with Crippen molar-refractivity contribution in [2.24, 2.45) is 5.92 Å². The average molecular weight is 374 g/mol. The van der Waals surface area contributed by atoms with Crippen molar-refractivity contribution < 1.29 is 23.4 Å². The molecular weight excluding hydrogens is 356 g/mol. The summed E-state index contributed by atoms with van der Waals surface area (Å²) < 4.78 is 26.5. The first-order valence-corrected chi connectivity index (χ1v) is 9.70. The minimum atomic E-state index is -3.96. The Bertz CT molecular complexity index is 989. The van der Waals surface area contributed by atoms with Crippen LogP contribution in [-0.2, 0) is 27.8 Å². The van der Waals surface area contributed by atoms with Gasteiger partial charge in [-0.25, -0.2) is 9.03 Å². The van der Waals surface area contributed by atoms with Crippen LogP contribution in [0.25, 0.3) is 0 Å². The molecule has 1 amide bonds. The number of anilines is 1. The Balaban J connectivity index is 1.55. The SMILES string of the molecule is O=C1CN(c2ccc(CC3Cc4ccccc4C3O)cc2O)S(=O)(=O)N1. The number of nitrogens with one attached hydrogen (secondary N) is 1. The van der Waals surface area contributed by atoms with E-state index in [4.69, 9.17) is 0 Å². The van der Waals surface area contributed by atoms with Gasteiger partial charge in [0.25, 0.3) is 5.91 Å². The minimum absolute atomic E-state index is 0.00332. The van der Waals surface area contributed by atoms with Crippen molar-refractivity contribution in [3.63, 3.8) is 0 Å². The molecule has 0 aromatic heterocycles. The van der Waals surface area contributed by atoms with Crippen LogP contribution in [0.15, 0.2) is 42.5 Å². The van der Waals surface area contributed by atoms with Crippen molar-refractivity contribution in [2.45, 2.75) is 18.9 Å². The largest absolute Gasteiger partial charge is 0.506 e. The van der Waals surface area contributed by atoms with Crippen LogP contribution >= 0.6 is 0 Å². The second kappa shape index (κ2) is 6.00. The third-order valence-corrected chi connectivity index (χ3v) is 6.32. The molecule has 2 aromatic carbocycles. The third-order valence-electron chi connectivity index (χ3n) is 4.93. The third kappa shape index (κ3) is 2.81. The number of aliphatic hydroxyl groups excluding tert-OH is 1. The monoisotopic (exact) mass is 374 g/mol. The number of aromatic hydroxyl groups is 1. The standard InChI is InChI=1S/C18H18N2O5S/c21-16-8-11(5-6-15(16)20-10-17(22)19-26(20,24)25)7-13-9-12-3-1-2-4-14(12)18(13)23/h1-6,8,13,18,21,23H,7,9-10H2,(H,19,22). The van der Waals surface area contributed by atoms with Gasteiger partial charge in [0.15, 0.2) is 0 Å². The second-order valence-corrected chi connectivity index (χ2v) is 8.27. The fraction of sp³-hybridized carbons (Fsp3) is 0.278. The topological polar surface area (TPSA) is 107 Å². The summed E-state index contributed by atoms with van der Waals surface area (Å²) in [5.74, 6) is -0.857. The van der Waals surface area contributed by atoms with Crippen LogP contribution in [0.4, 0.5) is 5.69 Å². The Kier molecular flexibility index (Phi) is 3.89. The maximum atomic E-state index is 11.9. The van der Waals surface area contributed by atoms with Gasteiger partial charge < -0.3 is 10.2 Å². The van der Waals surface area contributed by atoms with Crippen LogP contribution < -0.4 is 9.03 Å². The summed E-state index contributed by atoms with van der Waals surface area (Å²) >= 11 is 0. The van der Waals surface area contributed by atoms with Gasteiger partial charge in [-0.3, -0.25) is 4.79 Å². The molecular formula is C18H18N2O5S. The first-order valence-electron chi connectivity index (χ1n) is 8.26. The summed E-state index contributed by atoms with van der Waals surface area (Å²) in [5, 5.41) is 20.8. The number of aliphatic hydroxyl groups is 1. The summed E-state index contributed by atoms with van der Waals surface area (Å²) in [4.78, 5) is 11.4. The maximum Gasteiger partial charge on any atom is 0.326 e. The lowest BCUT2D eigenvalue weighted by Crippen LogP contribution is -2.29. The number of amides is 1. The van der Waals surface area contributed by atoms with Crippen LogP contribution in [-0.4, -0.2) is 31.1 Å². The van der Waals surface area contributed by atoms with E-state index < -0.39 is 22.2 Å². The van der Waals surface area contributed by atoms with Gasteiger partial charge in [0.2, 0.25) is 0 Å². The molecule has 2 atom stereocenters. The van der Waals surface area contributed by atoms with Gasteiger partial charge in [-0.05, 0) is 47.6 Å². The number of carbonyl (C=O) groups excluding carboxylic acids is 1. The molecule has 1 heterocycles. The lowest BCUT2D eigenvalue weighted by atomic mass is 9.94. The number of phenolic OH excluding ortho intramolecular Hbond substituents is 1. The first kappa shape index (κ1) is 16.9. The molecule has 4 rings (SSSR count). The molecule has 136 valence electrons. The molecule has 7 nitrogen and oxygen atoms in total. The zero-order chi connectivity index (χ0) is 18.5. The molecule has 1 aliphatic carbocycles. The van der Waals surface area contributed by atoms with Gasteiger partial charge in [-0.15, -0.1) is 0 Å². The predicted octanol–water partition coefficient (Wildman–Crippen LogP) is 1.02. The maximum absolute atomic E-state index is 11.9. The molecule has 0 radical (unpaired) electrons. The lowest BCUT2D eigenvalue weighted by molar-refractivity contribution is -0.117. The van der Waals surface area contributed by atoms with Crippen molar-refractivity contribution in [3.8, 4) is 5.75 Å². The molecule has 2 unspecified atom stereocenters. The van der Waals surface area contributed by atoms with Crippen molar-refractivity contribution in [2.75, 3.05) is 10.8 Å². The molecule has 1 fully saturated rings. The van der Waals surface area contributed by atoms with Gasteiger partial charge in [0, 0.05) is 0 Å². The van der Waals surface area contributed by atoms with E-state index in [9.17, 15) is 23.4 Å². The number of hydrogen-bond acceptors (Lipinski definition) is 5. The van der Waals surface area contributed by atoms with E-state index in [1.807, 2.05) is 29.0 Å². The molecule has 1 aliphatic heterocycles. The number of fused-ring (bicyclic) bond motifs is 1. The van der Waals surface area contributed by atoms with Crippen molar-refractivity contribution in [3.05, 3.63) is 59.2 Å². The molecule has 0 bridgehead atoms. The number of phenols is 1. The quantitative estimate of drug-likeness (QED) is 0.744. The van der Waals surface area contributed by atoms with Gasteiger partial charge in [-0.2, -0.15) is 8.42 Å². The highest BCUT2D eigenvalue weighted by molar-refractivity contribution is 7.92. The summed E-state index contributed by atoms with van der Waals surface area (Å²) in [5.41, 5.74) is 2.91. The summed E-state index contributed by atoms with van der Waals surface area (Å²) in [6.45, 7) is -0.355. The molecule has 2 aromatic rings. The highest BCUT2D eigenvalue weighted by atomic mass is 32.2. The van der Waals surface area contributed by atoms with Gasteiger partial charge in [0.05, 0.1) is 11.8 Å². The normalized spacial score (nSPS) is 23.7. The fourth-order valence-electron chi connectivity index (χ4n) is 3.71. The zero-order valence-corrected chi connectivity index (χ0v) is 14.6. The van der Waals surface area contributed by atoms with Crippen molar-refractivity contribution in [1.82, 2.24) is 4.72 Å². The number of rotatable bonds is 3. The predicted molar refractivity (Wildman–Crippen MR) is 94.8 cm³/mol. The summed E-state index contributed by atoms with van der Waals surface area (Å²) in [6, 6.07) is 12.4. The number of nitrogens with zero attached hydrogens (tertiary/aromatic N) is 1. The second-order valence-electron chi connectivity index (χ2n) is 6.67. The van der Waals surface area contributed by atoms with E-state index in [0.717, 1.165) is 27.4 Å². The molecule has 26 heavy (non-hydrogen) atoms. The van der Waals surface area contributed by atoms with Crippen LogP contribution in [0, 0.1) is 5.92 Å². The molecule has 0 spiro atoms. The van der Waals surface area contributed by atoms with Crippen LogP contribution in [0.3, 0.4) is 0 Å². The number of benzene rings is 2. The summed E-state index contributed by atoms with van der Waals surface area (Å²) in [7, 11) is -3.96. The highest BCUT2D eigenvalue weighted by Crippen LogP contribution is 2.39. The highest BCUT2D eigenvalue weighted by Gasteiger charge is 2.36. The van der Waals surface area contributed by atoms with E-state index in [1.54, 1.807) is 6.07 Å². The van der Waals surface area contributed by atoms with Crippen molar-refractivity contribution in [1.29, 1.82) is 0 Å². The van der Waals surface area contributed by atoms with E-state index in [-0.39, 0.29) is 23.9 Å². The first-order chi connectivity index (χ1) is 12.3. The van der Waals surface area contributed by atoms with Crippen LogP contribution in [0.5, 0.6) is 5.75 Å². The zero-order valence-electron chi connectivity index (χ0n) is 13.8. The van der Waals surface area contributed by atoms with Crippen LogP contribution in [0.1, 0.15) is 22.8 Å². The van der Waals surface area contributed by atoms with E-state index >= 15 is 0 Å². The van der Waals surface area contributed by atoms with Gasteiger partial charge in [0.1, 0.15) is 12.3 Å². The van der Waals surface area contributed by atoms with E-state index in [1.165, 1.54) is 12.1 Å². The van der Waals surface area contributed by atoms with E-state index in [0.29, 0.717) is 6.42 Å². The van der Waals surface area contributed by atoms with Crippen LogP contribution in [0.2, 0.25) is 0 Å². The van der Waals surface area contributed by atoms with Gasteiger partial charge >= 0.3 is 10.2 Å². The fourth-order valence-corrected chi connectivity index (χ4v) is 4.87. The number of hydrogen-bond donors (Lipinski definition) is 3. The lowest BCUT2D eigenvalue weighted by Gasteiger charge is -2.18. The molecule has 3 N–H and O–H groups in total. The van der Waals surface area contributed by atoms with E-state index in [2.05, 4.69) is 0 Å². The molecule has 2 aliphatic rings. The average Bonchev–Trinajstić information content (AvgIpc) is 3.04.